The van der Waals surface area contributed by atoms with E-state index in [1.807, 2.05) is 6.92 Å². The molecule has 1 heterocycles. The van der Waals surface area contributed by atoms with Crippen LogP contribution in [0.2, 0.25) is 0 Å². The molecule has 5 heteroatoms. The fourth-order valence-corrected chi connectivity index (χ4v) is 2.05. The van der Waals surface area contributed by atoms with Gasteiger partial charge in [0.05, 0.1) is 0 Å². The first kappa shape index (κ1) is 17.7. The first-order valence-corrected chi connectivity index (χ1v) is 7.85. The topological polar surface area (TPSA) is 75.9 Å². The number of aromatic nitrogens is 2. The Bertz CT molecular complexity index is 449. The van der Waals surface area contributed by atoms with Gasteiger partial charge in [0.1, 0.15) is 17.5 Å². The van der Waals surface area contributed by atoms with Gasteiger partial charge in [0.25, 0.3) is 0 Å². The Morgan fingerprint density at radius 2 is 1.71 bits per heavy atom. The van der Waals surface area contributed by atoms with E-state index in [4.69, 9.17) is 5.84 Å². The molecule has 0 fully saturated rings. The molecule has 1 rings (SSSR count). The first-order chi connectivity index (χ1) is 9.75. The van der Waals surface area contributed by atoms with Gasteiger partial charge in [-0.2, -0.15) is 0 Å². The maximum absolute atomic E-state index is 5.57. The SMILES string of the molecule is Cc1c(NN)nc(C(C)(C)C)nc1NCCCCC(C)C. The molecule has 0 atom stereocenters. The third kappa shape index (κ3) is 5.50. The molecule has 5 nitrogen and oxygen atoms in total. The van der Waals surface area contributed by atoms with E-state index in [0.717, 1.165) is 36.1 Å². The highest BCUT2D eigenvalue weighted by atomic mass is 15.3. The zero-order valence-corrected chi connectivity index (χ0v) is 14.4. The van der Waals surface area contributed by atoms with Gasteiger partial charge >= 0.3 is 0 Å². The lowest BCUT2D eigenvalue weighted by atomic mass is 9.95. The van der Waals surface area contributed by atoms with E-state index in [-0.39, 0.29) is 5.41 Å². The van der Waals surface area contributed by atoms with Crippen molar-refractivity contribution in [1.29, 1.82) is 0 Å². The molecule has 0 aromatic carbocycles. The Morgan fingerprint density at radius 3 is 2.24 bits per heavy atom. The van der Waals surface area contributed by atoms with E-state index < -0.39 is 0 Å². The maximum Gasteiger partial charge on any atom is 0.148 e. The zero-order valence-electron chi connectivity index (χ0n) is 14.4. The number of nitrogens with one attached hydrogen (secondary N) is 2. The molecule has 0 radical (unpaired) electrons. The van der Waals surface area contributed by atoms with Crippen molar-refractivity contribution in [2.75, 3.05) is 17.3 Å². The van der Waals surface area contributed by atoms with E-state index in [9.17, 15) is 0 Å². The van der Waals surface area contributed by atoms with Crippen molar-refractivity contribution in [3.63, 3.8) is 0 Å². The highest BCUT2D eigenvalue weighted by Crippen LogP contribution is 2.25. The molecule has 4 N–H and O–H groups in total. The van der Waals surface area contributed by atoms with Gasteiger partial charge in [0.2, 0.25) is 0 Å². The Kier molecular flexibility index (Phi) is 6.40. The number of hydrogen-bond acceptors (Lipinski definition) is 5. The summed E-state index contributed by atoms with van der Waals surface area (Å²) in [7, 11) is 0. The van der Waals surface area contributed by atoms with Crippen molar-refractivity contribution in [1.82, 2.24) is 9.97 Å². The number of nitrogen functional groups attached to an aromatic ring is 1. The molecule has 1 aromatic rings. The highest BCUT2D eigenvalue weighted by Gasteiger charge is 2.20. The highest BCUT2D eigenvalue weighted by molar-refractivity contribution is 5.57. The van der Waals surface area contributed by atoms with Gasteiger partial charge < -0.3 is 10.7 Å². The van der Waals surface area contributed by atoms with E-state index in [0.29, 0.717) is 5.82 Å². The summed E-state index contributed by atoms with van der Waals surface area (Å²) in [5, 5.41) is 3.43. The third-order valence-corrected chi connectivity index (χ3v) is 3.45. The Balaban J connectivity index is 2.76. The number of unbranched alkanes of at least 4 members (excludes halogenated alkanes) is 1. The number of hydrazine groups is 1. The predicted molar refractivity (Wildman–Crippen MR) is 90.5 cm³/mol. The molecule has 0 spiro atoms. The number of hydrogen-bond donors (Lipinski definition) is 3. The first-order valence-electron chi connectivity index (χ1n) is 7.85. The van der Waals surface area contributed by atoms with Gasteiger partial charge in [-0.05, 0) is 19.3 Å². The lowest BCUT2D eigenvalue weighted by Gasteiger charge is -2.20. The second-order valence-corrected chi connectivity index (χ2v) is 7.08. The van der Waals surface area contributed by atoms with Gasteiger partial charge in [-0.25, -0.2) is 15.8 Å². The number of nitrogens with zero attached hydrogens (tertiary/aromatic N) is 2. The molecule has 0 unspecified atom stereocenters. The molecule has 0 aliphatic rings. The Morgan fingerprint density at radius 1 is 1.10 bits per heavy atom. The average Bonchev–Trinajstić information content (AvgIpc) is 2.38. The lowest BCUT2D eigenvalue weighted by Crippen LogP contribution is -2.21. The fraction of sp³-hybridized carbons (Fsp3) is 0.750. The smallest absolute Gasteiger partial charge is 0.148 e. The van der Waals surface area contributed by atoms with Crippen molar-refractivity contribution >= 4 is 11.6 Å². The van der Waals surface area contributed by atoms with Crippen LogP contribution < -0.4 is 16.6 Å². The summed E-state index contributed by atoms with van der Waals surface area (Å²) in [5.41, 5.74) is 3.54. The zero-order chi connectivity index (χ0) is 16.0. The van der Waals surface area contributed by atoms with Crippen molar-refractivity contribution in [2.45, 2.75) is 66.2 Å². The summed E-state index contributed by atoms with van der Waals surface area (Å²) in [6.45, 7) is 13.7. The Hall–Kier alpha value is -1.36. The molecule has 21 heavy (non-hydrogen) atoms. The van der Waals surface area contributed by atoms with Crippen LogP contribution in [-0.2, 0) is 5.41 Å². The molecule has 0 aliphatic heterocycles. The van der Waals surface area contributed by atoms with E-state index >= 15 is 0 Å². The molecule has 120 valence electrons. The van der Waals surface area contributed by atoms with Crippen LogP contribution in [0.3, 0.4) is 0 Å². The summed E-state index contributed by atoms with van der Waals surface area (Å²) in [5.74, 6) is 8.72. The molecule has 0 amide bonds. The summed E-state index contributed by atoms with van der Waals surface area (Å²) in [6.07, 6.45) is 3.66. The van der Waals surface area contributed by atoms with Gasteiger partial charge in [-0.3, -0.25) is 0 Å². The number of anilines is 2. The molecule has 0 saturated carbocycles. The monoisotopic (exact) mass is 293 g/mol. The fourth-order valence-electron chi connectivity index (χ4n) is 2.05. The lowest BCUT2D eigenvalue weighted by molar-refractivity contribution is 0.541. The quantitative estimate of drug-likeness (QED) is 0.407. The summed E-state index contributed by atoms with van der Waals surface area (Å²) >= 11 is 0. The number of rotatable bonds is 7. The van der Waals surface area contributed by atoms with Crippen LogP contribution in [0.25, 0.3) is 0 Å². The van der Waals surface area contributed by atoms with Gasteiger partial charge in [0.15, 0.2) is 0 Å². The van der Waals surface area contributed by atoms with Gasteiger partial charge in [0, 0.05) is 17.5 Å². The molecule has 0 bridgehead atoms. The second kappa shape index (κ2) is 7.59. The molecule has 0 saturated heterocycles. The van der Waals surface area contributed by atoms with Crippen LogP contribution in [-0.4, -0.2) is 16.5 Å². The summed E-state index contributed by atoms with van der Waals surface area (Å²) in [6, 6.07) is 0. The molecular weight excluding hydrogens is 262 g/mol. The van der Waals surface area contributed by atoms with Gasteiger partial charge in [-0.1, -0.05) is 47.5 Å². The van der Waals surface area contributed by atoms with Crippen molar-refractivity contribution in [3.05, 3.63) is 11.4 Å². The van der Waals surface area contributed by atoms with Crippen molar-refractivity contribution < 1.29 is 0 Å². The molecule has 1 aromatic heterocycles. The minimum absolute atomic E-state index is 0.104. The van der Waals surface area contributed by atoms with E-state index in [1.54, 1.807) is 0 Å². The van der Waals surface area contributed by atoms with Crippen LogP contribution in [0, 0.1) is 12.8 Å². The predicted octanol–water partition coefficient (Wildman–Crippen LogP) is 3.61. The van der Waals surface area contributed by atoms with E-state index in [2.05, 4.69) is 55.3 Å². The minimum Gasteiger partial charge on any atom is -0.370 e. The maximum atomic E-state index is 5.57. The summed E-state index contributed by atoms with van der Waals surface area (Å²) < 4.78 is 0. The Labute approximate surface area is 129 Å². The molecular formula is C16H31N5. The van der Waals surface area contributed by atoms with E-state index in [1.165, 1.54) is 12.8 Å². The van der Waals surface area contributed by atoms with Crippen molar-refractivity contribution in [3.8, 4) is 0 Å². The van der Waals surface area contributed by atoms with Gasteiger partial charge in [-0.15, -0.1) is 0 Å². The normalized spacial score (nSPS) is 11.8. The van der Waals surface area contributed by atoms with Crippen LogP contribution in [0.4, 0.5) is 11.6 Å². The standard InChI is InChI=1S/C16H31N5/c1-11(2)9-7-8-10-18-13-12(3)14(21-17)20-15(19-13)16(4,5)6/h11H,7-10,17H2,1-6H3,(H2,18,19,20,21). The van der Waals surface area contributed by atoms with Crippen molar-refractivity contribution in [2.24, 2.45) is 11.8 Å². The number of nitrogens with two attached hydrogens (primary N) is 1. The van der Waals surface area contributed by atoms with Crippen LogP contribution in [0.5, 0.6) is 0 Å². The second-order valence-electron chi connectivity index (χ2n) is 7.08. The summed E-state index contributed by atoms with van der Waals surface area (Å²) in [4.78, 5) is 9.17. The van der Waals surface area contributed by atoms with Crippen LogP contribution in [0.1, 0.15) is 65.3 Å². The third-order valence-electron chi connectivity index (χ3n) is 3.45. The molecule has 0 aliphatic carbocycles. The average molecular weight is 293 g/mol. The largest absolute Gasteiger partial charge is 0.370 e. The minimum atomic E-state index is -0.104. The van der Waals surface area contributed by atoms with Crippen LogP contribution >= 0.6 is 0 Å². The van der Waals surface area contributed by atoms with Crippen LogP contribution in [0.15, 0.2) is 0 Å².